The van der Waals surface area contributed by atoms with Gasteiger partial charge in [-0.05, 0) is 25.2 Å². The number of likely N-dealkylation sites (tertiary alicyclic amines) is 1. The lowest BCUT2D eigenvalue weighted by atomic mass is 9.85. The van der Waals surface area contributed by atoms with Crippen LogP contribution in [0.4, 0.5) is 0 Å². The molecule has 0 radical (unpaired) electrons. The van der Waals surface area contributed by atoms with Crippen molar-refractivity contribution in [1.82, 2.24) is 4.90 Å². The second kappa shape index (κ2) is 3.97. The molecule has 0 aromatic rings. The third kappa shape index (κ3) is 2.05. The molecule has 0 amide bonds. The van der Waals surface area contributed by atoms with Gasteiger partial charge in [0.2, 0.25) is 0 Å². The van der Waals surface area contributed by atoms with E-state index in [4.69, 9.17) is 5.73 Å². The summed E-state index contributed by atoms with van der Waals surface area (Å²) in [6, 6.07) is 1.30. The molecule has 0 aromatic carbocycles. The molecule has 2 N–H and O–H groups in total. The third-order valence-electron chi connectivity index (χ3n) is 3.79. The summed E-state index contributed by atoms with van der Waals surface area (Å²) < 4.78 is 0. The molecule has 2 heteroatoms. The Morgan fingerprint density at radius 1 is 1.15 bits per heavy atom. The molecular weight excluding hydrogens is 160 g/mol. The highest BCUT2D eigenvalue weighted by Gasteiger charge is 2.30. The van der Waals surface area contributed by atoms with Crippen molar-refractivity contribution >= 4 is 0 Å². The molecule has 13 heavy (non-hydrogen) atoms. The molecule has 2 rings (SSSR count). The Morgan fingerprint density at radius 2 is 1.92 bits per heavy atom. The molecule has 2 fully saturated rings. The summed E-state index contributed by atoms with van der Waals surface area (Å²) in [6.07, 6.45) is 6.92. The largest absolute Gasteiger partial charge is 0.326 e. The van der Waals surface area contributed by atoms with Gasteiger partial charge in [-0.1, -0.05) is 19.8 Å². The van der Waals surface area contributed by atoms with Crippen molar-refractivity contribution in [2.75, 3.05) is 13.1 Å². The monoisotopic (exact) mass is 182 g/mol. The van der Waals surface area contributed by atoms with Crippen LogP contribution in [-0.4, -0.2) is 30.1 Å². The quantitative estimate of drug-likeness (QED) is 0.667. The molecule has 0 spiro atoms. The molecule has 2 nitrogen and oxygen atoms in total. The number of nitrogens with two attached hydrogens (primary N) is 1. The lowest BCUT2D eigenvalue weighted by Crippen LogP contribution is -2.41. The number of hydrogen-bond acceptors (Lipinski definition) is 2. The topological polar surface area (TPSA) is 29.3 Å². The average Bonchev–Trinajstić information content (AvgIpc) is 2.53. The number of nitrogens with zero attached hydrogens (tertiary/aromatic N) is 1. The summed E-state index contributed by atoms with van der Waals surface area (Å²) in [5.41, 5.74) is 5.94. The minimum absolute atomic E-state index is 0.453. The van der Waals surface area contributed by atoms with Gasteiger partial charge in [0.05, 0.1) is 0 Å². The Kier molecular flexibility index (Phi) is 2.89. The average molecular weight is 182 g/mol. The Hall–Kier alpha value is -0.0800. The van der Waals surface area contributed by atoms with Crippen LogP contribution in [-0.2, 0) is 0 Å². The van der Waals surface area contributed by atoms with Gasteiger partial charge in [0.25, 0.3) is 0 Å². The Labute approximate surface area is 81.5 Å². The van der Waals surface area contributed by atoms with Gasteiger partial charge in [-0.15, -0.1) is 0 Å². The van der Waals surface area contributed by atoms with Gasteiger partial charge in [0.15, 0.2) is 0 Å². The first-order chi connectivity index (χ1) is 6.27. The highest BCUT2D eigenvalue weighted by Crippen LogP contribution is 2.29. The van der Waals surface area contributed by atoms with Crippen LogP contribution in [0.25, 0.3) is 0 Å². The highest BCUT2D eigenvalue weighted by atomic mass is 15.2. The molecule has 1 heterocycles. The second-order valence-electron chi connectivity index (χ2n) is 4.87. The van der Waals surface area contributed by atoms with Crippen LogP contribution in [0.3, 0.4) is 0 Å². The molecule has 3 atom stereocenters. The molecule has 1 saturated carbocycles. The zero-order chi connectivity index (χ0) is 9.26. The van der Waals surface area contributed by atoms with Crippen molar-refractivity contribution < 1.29 is 0 Å². The molecule has 0 bridgehead atoms. The summed E-state index contributed by atoms with van der Waals surface area (Å²) in [5.74, 6) is 0.902. The van der Waals surface area contributed by atoms with Crippen LogP contribution in [0.2, 0.25) is 0 Å². The maximum Gasteiger partial charge on any atom is 0.0180 e. The van der Waals surface area contributed by atoms with E-state index in [1.165, 1.54) is 38.6 Å². The van der Waals surface area contributed by atoms with E-state index < -0.39 is 0 Å². The fourth-order valence-corrected chi connectivity index (χ4v) is 2.96. The van der Waals surface area contributed by atoms with E-state index in [1.54, 1.807) is 0 Å². The summed E-state index contributed by atoms with van der Waals surface area (Å²) in [5, 5.41) is 0. The van der Waals surface area contributed by atoms with Crippen molar-refractivity contribution in [3.63, 3.8) is 0 Å². The SMILES string of the molecule is CC1CCCCC1N1CC[C@H](N)C1. The molecular formula is C11H22N2. The molecule has 2 aliphatic rings. The first-order valence-electron chi connectivity index (χ1n) is 5.77. The van der Waals surface area contributed by atoms with Gasteiger partial charge in [0.1, 0.15) is 0 Å². The van der Waals surface area contributed by atoms with Crippen LogP contribution in [0, 0.1) is 5.92 Å². The smallest absolute Gasteiger partial charge is 0.0180 e. The summed E-state index contributed by atoms with van der Waals surface area (Å²) in [6.45, 7) is 4.80. The first-order valence-corrected chi connectivity index (χ1v) is 5.77. The van der Waals surface area contributed by atoms with Gasteiger partial charge < -0.3 is 5.73 Å². The zero-order valence-electron chi connectivity index (χ0n) is 8.71. The van der Waals surface area contributed by atoms with E-state index in [9.17, 15) is 0 Å². The van der Waals surface area contributed by atoms with Crippen molar-refractivity contribution in [2.45, 2.75) is 51.1 Å². The van der Waals surface area contributed by atoms with Crippen LogP contribution < -0.4 is 5.73 Å². The Morgan fingerprint density at radius 3 is 2.54 bits per heavy atom. The predicted molar refractivity (Wildman–Crippen MR) is 55.6 cm³/mol. The fraction of sp³-hybridized carbons (Fsp3) is 1.00. The van der Waals surface area contributed by atoms with Gasteiger partial charge >= 0.3 is 0 Å². The minimum atomic E-state index is 0.453. The fourth-order valence-electron chi connectivity index (χ4n) is 2.96. The van der Waals surface area contributed by atoms with Crippen LogP contribution in [0.5, 0.6) is 0 Å². The van der Waals surface area contributed by atoms with E-state index in [0.29, 0.717) is 6.04 Å². The molecule has 1 aliphatic carbocycles. The van der Waals surface area contributed by atoms with Gasteiger partial charge in [-0.2, -0.15) is 0 Å². The van der Waals surface area contributed by atoms with E-state index >= 15 is 0 Å². The van der Waals surface area contributed by atoms with Crippen LogP contribution in [0.1, 0.15) is 39.0 Å². The minimum Gasteiger partial charge on any atom is -0.326 e. The molecule has 1 aliphatic heterocycles. The van der Waals surface area contributed by atoms with Gasteiger partial charge in [0, 0.05) is 25.2 Å². The van der Waals surface area contributed by atoms with E-state index in [1.807, 2.05) is 0 Å². The standard InChI is InChI=1S/C11H22N2/c1-9-4-2-3-5-11(9)13-7-6-10(12)8-13/h9-11H,2-8,12H2,1H3/t9?,10-,11?/m0/s1. The predicted octanol–water partition coefficient (Wildman–Crippen LogP) is 1.60. The molecule has 1 saturated heterocycles. The lowest BCUT2D eigenvalue weighted by Gasteiger charge is -2.36. The van der Waals surface area contributed by atoms with Crippen molar-refractivity contribution in [3.05, 3.63) is 0 Å². The number of rotatable bonds is 1. The second-order valence-corrected chi connectivity index (χ2v) is 4.87. The maximum atomic E-state index is 5.94. The van der Waals surface area contributed by atoms with Gasteiger partial charge in [-0.3, -0.25) is 4.90 Å². The maximum absolute atomic E-state index is 5.94. The molecule has 0 aromatic heterocycles. The summed E-state index contributed by atoms with van der Waals surface area (Å²) >= 11 is 0. The van der Waals surface area contributed by atoms with E-state index in [-0.39, 0.29) is 0 Å². The third-order valence-corrected chi connectivity index (χ3v) is 3.79. The normalized spacial score (nSPS) is 42.5. The van der Waals surface area contributed by atoms with Crippen molar-refractivity contribution in [3.8, 4) is 0 Å². The van der Waals surface area contributed by atoms with Crippen molar-refractivity contribution in [1.29, 1.82) is 0 Å². The Bertz CT molecular complexity index is 169. The molecule has 76 valence electrons. The Balaban J connectivity index is 1.91. The summed E-state index contributed by atoms with van der Waals surface area (Å²) in [7, 11) is 0. The lowest BCUT2D eigenvalue weighted by molar-refractivity contribution is 0.137. The van der Waals surface area contributed by atoms with Crippen molar-refractivity contribution in [2.24, 2.45) is 11.7 Å². The van der Waals surface area contributed by atoms with Crippen LogP contribution in [0.15, 0.2) is 0 Å². The molecule has 2 unspecified atom stereocenters. The van der Waals surface area contributed by atoms with E-state index in [0.717, 1.165) is 18.5 Å². The zero-order valence-corrected chi connectivity index (χ0v) is 8.71. The summed E-state index contributed by atoms with van der Waals surface area (Å²) in [4.78, 5) is 2.63. The van der Waals surface area contributed by atoms with Gasteiger partial charge in [-0.25, -0.2) is 0 Å². The number of hydrogen-bond donors (Lipinski definition) is 1. The van der Waals surface area contributed by atoms with E-state index in [2.05, 4.69) is 11.8 Å². The van der Waals surface area contributed by atoms with Crippen LogP contribution >= 0.6 is 0 Å². The highest BCUT2D eigenvalue weighted by molar-refractivity contribution is 4.87. The first kappa shape index (κ1) is 9.47.